The predicted octanol–water partition coefficient (Wildman–Crippen LogP) is 6.03. The minimum Gasteiger partial charge on any atom is -0.465 e. The van der Waals surface area contributed by atoms with Gasteiger partial charge in [-0.1, -0.05) is 41.9 Å². The molecule has 0 aromatic heterocycles. The Morgan fingerprint density at radius 2 is 1.71 bits per heavy atom. The number of halogens is 2. The highest BCUT2D eigenvalue weighted by Crippen LogP contribution is 2.66. The Kier molecular flexibility index (Phi) is 5.82. The van der Waals surface area contributed by atoms with Crippen molar-refractivity contribution in [3.05, 3.63) is 64.7 Å². The molecule has 1 amide bonds. The van der Waals surface area contributed by atoms with Crippen molar-refractivity contribution in [1.29, 1.82) is 0 Å². The van der Waals surface area contributed by atoms with Gasteiger partial charge in [0, 0.05) is 0 Å². The van der Waals surface area contributed by atoms with Crippen LogP contribution in [0.1, 0.15) is 54.4 Å². The van der Waals surface area contributed by atoms with E-state index in [4.69, 9.17) is 16.3 Å². The molecule has 4 aliphatic carbocycles. The SMILES string of the molecule is COC(=O)c1ccc(Cl)c(NC(=O)C23CC4CC(C2)CC(c2ccccc2)(C4)C3)c1.Cl. The van der Waals surface area contributed by atoms with E-state index < -0.39 is 5.97 Å². The molecule has 6 heteroatoms. The number of anilines is 1. The molecule has 4 fully saturated rings. The first-order chi connectivity index (χ1) is 14.4. The van der Waals surface area contributed by atoms with Crippen molar-refractivity contribution < 1.29 is 14.3 Å². The smallest absolute Gasteiger partial charge is 0.337 e. The van der Waals surface area contributed by atoms with E-state index in [1.54, 1.807) is 18.2 Å². The lowest BCUT2D eigenvalue weighted by Gasteiger charge is -2.61. The molecule has 1 N–H and O–H groups in total. The normalized spacial score (nSPS) is 30.4. The van der Waals surface area contributed by atoms with Crippen LogP contribution < -0.4 is 5.32 Å². The largest absolute Gasteiger partial charge is 0.465 e. The fourth-order valence-corrected chi connectivity index (χ4v) is 6.94. The van der Waals surface area contributed by atoms with Gasteiger partial charge in [0.25, 0.3) is 0 Å². The van der Waals surface area contributed by atoms with Crippen molar-refractivity contribution in [2.45, 2.75) is 43.9 Å². The number of hydrogen-bond acceptors (Lipinski definition) is 3. The van der Waals surface area contributed by atoms with Gasteiger partial charge < -0.3 is 10.1 Å². The van der Waals surface area contributed by atoms with Gasteiger partial charge in [-0.3, -0.25) is 4.79 Å². The van der Waals surface area contributed by atoms with E-state index >= 15 is 0 Å². The van der Waals surface area contributed by atoms with E-state index in [2.05, 4.69) is 35.6 Å². The molecule has 4 saturated carbocycles. The predicted molar refractivity (Wildman–Crippen MR) is 124 cm³/mol. The van der Waals surface area contributed by atoms with Crippen LogP contribution in [0.15, 0.2) is 48.5 Å². The van der Waals surface area contributed by atoms with Crippen molar-refractivity contribution in [2.75, 3.05) is 12.4 Å². The van der Waals surface area contributed by atoms with E-state index in [0.717, 1.165) is 19.3 Å². The van der Waals surface area contributed by atoms with Gasteiger partial charge in [0.15, 0.2) is 0 Å². The third-order valence-electron chi connectivity index (χ3n) is 7.56. The molecular weight excluding hydrogens is 433 g/mol. The Balaban J connectivity index is 0.00000231. The highest BCUT2D eigenvalue weighted by atomic mass is 35.5. The molecule has 164 valence electrons. The topological polar surface area (TPSA) is 55.4 Å². The lowest BCUT2D eigenvalue weighted by Crippen LogP contribution is -2.58. The molecule has 2 atom stereocenters. The summed E-state index contributed by atoms with van der Waals surface area (Å²) in [5.41, 5.74) is 1.96. The van der Waals surface area contributed by atoms with Crippen LogP contribution in [-0.4, -0.2) is 19.0 Å². The summed E-state index contributed by atoms with van der Waals surface area (Å²) in [5, 5.41) is 3.51. The van der Waals surface area contributed by atoms with E-state index in [1.807, 2.05) is 0 Å². The zero-order chi connectivity index (χ0) is 20.9. The van der Waals surface area contributed by atoms with E-state index in [-0.39, 0.29) is 29.1 Å². The third kappa shape index (κ3) is 3.74. The highest BCUT2D eigenvalue weighted by Gasteiger charge is 2.60. The number of nitrogens with one attached hydrogen (secondary N) is 1. The van der Waals surface area contributed by atoms with Gasteiger partial charge in [-0.15, -0.1) is 12.4 Å². The Bertz CT molecular complexity index is 993. The number of rotatable bonds is 4. The van der Waals surface area contributed by atoms with Crippen molar-refractivity contribution in [3.63, 3.8) is 0 Å². The van der Waals surface area contributed by atoms with Crippen molar-refractivity contribution in [1.82, 2.24) is 0 Å². The molecule has 4 nitrogen and oxygen atoms in total. The maximum absolute atomic E-state index is 13.7. The van der Waals surface area contributed by atoms with Crippen LogP contribution in [-0.2, 0) is 14.9 Å². The second kappa shape index (κ2) is 8.14. The summed E-state index contributed by atoms with van der Waals surface area (Å²) in [6.45, 7) is 0. The van der Waals surface area contributed by atoms with Crippen LogP contribution in [0.2, 0.25) is 5.02 Å². The molecule has 2 aromatic carbocycles. The summed E-state index contributed by atoms with van der Waals surface area (Å²) in [6.07, 6.45) is 6.37. The van der Waals surface area contributed by atoms with Crippen molar-refractivity contribution in [2.24, 2.45) is 17.3 Å². The quantitative estimate of drug-likeness (QED) is 0.568. The molecule has 0 aliphatic heterocycles. The third-order valence-corrected chi connectivity index (χ3v) is 7.89. The maximum atomic E-state index is 13.7. The van der Waals surface area contributed by atoms with Crippen LogP contribution in [0.25, 0.3) is 0 Å². The zero-order valence-corrected chi connectivity index (χ0v) is 19.1. The number of carbonyl (C=O) groups is 2. The first-order valence-electron chi connectivity index (χ1n) is 10.7. The zero-order valence-electron chi connectivity index (χ0n) is 17.5. The van der Waals surface area contributed by atoms with Gasteiger partial charge in [0.1, 0.15) is 0 Å². The molecule has 4 aliphatic rings. The Hall–Kier alpha value is -2.04. The van der Waals surface area contributed by atoms with Gasteiger partial charge >= 0.3 is 5.97 Å². The van der Waals surface area contributed by atoms with Gasteiger partial charge in [0.05, 0.1) is 28.8 Å². The lowest BCUT2D eigenvalue weighted by atomic mass is 9.42. The second-order valence-corrected chi connectivity index (χ2v) is 9.94. The molecule has 0 saturated heterocycles. The Morgan fingerprint density at radius 1 is 1.03 bits per heavy atom. The minimum absolute atomic E-state index is 0. The average molecular weight is 460 g/mol. The minimum atomic E-state index is -0.444. The van der Waals surface area contributed by atoms with Gasteiger partial charge in [-0.05, 0) is 79.5 Å². The number of amides is 1. The summed E-state index contributed by atoms with van der Waals surface area (Å²) in [6, 6.07) is 15.6. The second-order valence-electron chi connectivity index (χ2n) is 9.53. The maximum Gasteiger partial charge on any atom is 0.337 e. The summed E-state index contributed by atoms with van der Waals surface area (Å²) < 4.78 is 4.80. The summed E-state index contributed by atoms with van der Waals surface area (Å²) >= 11 is 6.35. The molecule has 31 heavy (non-hydrogen) atoms. The molecule has 4 bridgehead atoms. The number of hydrogen-bond donors (Lipinski definition) is 1. The average Bonchev–Trinajstić information content (AvgIpc) is 2.74. The number of carbonyl (C=O) groups excluding carboxylic acids is 2. The summed E-state index contributed by atoms with van der Waals surface area (Å²) in [5.74, 6) is 0.781. The van der Waals surface area contributed by atoms with E-state index in [1.165, 1.54) is 31.9 Å². The molecule has 0 spiro atoms. The Morgan fingerprint density at radius 3 is 2.35 bits per heavy atom. The number of benzene rings is 2. The molecule has 2 aromatic rings. The van der Waals surface area contributed by atoms with Crippen LogP contribution in [0, 0.1) is 17.3 Å². The summed E-state index contributed by atoms with van der Waals surface area (Å²) in [4.78, 5) is 25.6. The standard InChI is InChI=1S/C25H26ClNO3.ClH/c1-30-22(28)18-7-8-20(26)21(10-18)27-23(29)25-13-16-9-17(14-25)12-24(11-16,15-25)19-5-3-2-4-6-19;/h2-8,10,16-17H,9,11-15H2,1H3,(H,27,29);1H. The monoisotopic (exact) mass is 459 g/mol. The summed E-state index contributed by atoms with van der Waals surface area (Å²) in [7, 11) is 1.34. The number of esters is 1. The molecular formula is C25H27Cl2NO3. The lowest BCUT2D eigenvalue weighted by molar-refractivity contribution is -0.143. The van der Waals surface area contributed by atoms with Gasteiger partial charge in [-0.25, -0.2) is 4.79 Å². The van der Waals surface area contributed by atoms with Crippen LogP contribution in [0.3, 0.4) is 0 Å². The Labute approximate surface area is 194 Å². The van der Waals surface area contributed by atoms with Crippen molar-refractivity contribution in [3.8, 4) is 0 Å². The fourth-order valence-electron chi connectivity index (χ4n) is 6.78. The van der Waals surface area contributed by atoms with Gasteiger partial charge in [0.2, 0.25) is 5.91 Å². The van der Waals surface area contributed by atoms with Crippen LogP contribution in [0.4, 0.5) is 5.69 Å². The van der Waals surface area contributed by atoms with E-state index in [9.17, 15) is 9.59 Å². The highest BCUT2D eigenvalue weighted by molar-refractivity contribution is 6.34. The number of methoxy groups -OCH3 is 1. The number of ether oxygens (including phenoxy) is 1. The molecule has 2 unspecified atom stereocenters. The van der Waals surface area contributed by atoms with Gasteiger partial charge in [-0.2, -0.15) is 0 Å². The molecule has 6 rings (SSSR count). The fraction of sp³-hybridized carbons (Fsp3) is 0.440. The van der Waals surface area contributed by atoms with Crippen LogP contribution >= 0.6 is 24.0 Å². The molecule has 0 radical (unpaired) electrons. The first-order valence-corrected chi connectivity index (χ1v) is 11.1. The van der Waals surface area contributed by atoms with E-state index in [0.29, 0.717) is 28.1 Å². The first kappa shape index (κ1) is 22.2. The molecule has 0 heterocycles. The van der Waals surface area contributed by atoms with Crippen molar-refractivity contribution >= 4 is 41.6 Å². The van der Waals surface area contributed by atoms with Crippen LogP contribution in [0.5, 0.6) is 0 Å².